The topological polar surface area (TPSA) is 24.7 Å². The van der Waals surface area contributed by atoms with Crippen LogP contribution < -0.4 is 0 Å². The molecule has 0 aliphatic heterocycles. The zero-order valence-corrected chi connectivity index (χ0v) is 47.0. The van der Waals surface area contributed by atoms with E-state index in [-0.39, 0.29) is 16.5 Å². The Morgan fingerprint density at radius 1 is 0.333 bits per heavy atom. The second-order valence-electron chi connectivity index (χ2n) is 20.8. The molecule has 0 heterocycles. The third-order valence-corrected chi connectivity index (χ3v) is 14.3. The van der Waals surface area contributed by atoms with Gasteiger partial charge in [-0.3, -0.25) is 9.98 Å². The van der Waals surface area contributed by atoms with E-state index in [1.807, 2.05) is 0 Å². The maximum atomic E-state index is 5.25. The van der Waals surface area contributed by atoms with Gasteiger partial charge in [-0.15, -0.1) is 0 Å². The maximum Gasteiger partial charge on any atom is 0.0665 e. The van der Waals surface area contributed by atoms with E-state index in [9.17, 15) is 0 Å². The van der Waals surface area contributed by atoms with Gasteiger partial charge in [0.1, 0.15) is 0 Å². The summed E-state index contributed by atoms with van der Waals surface area (Å²) in [5.41, 5.74) is 6.01. The molecule has 0 fully saturated rings. The van der Waals surface area contributed by atoms with Crippen LogP contribution in [0.25, 0.3) is 0 Å². The van der Waals surface area contributed by atoms with E-state index in [4.69, 9.17) is 9.98 Å². The molecule has 0 bridgehead atoms. The molecule has 2 rings (SSSR count). The molecule has 2 aromatic carbocycles. The van der Waals surface area contributed by atoms with Crippen LogP contribution in [0.3, 0.4) is 0 Å². The Morgan fingerprint density at radius 2 is 0.623 bits per heavy atom. The minimum absolute atomic E-state index is 0. The summed E-state index contributed by atoms with van der Waals surface area (Å²) >= 11 is 0. The summed E-state index contributed by atoms with van der Waals surface area (Å²) in [6.07, 6.45) is 73.1. The molecule has 0 aromatic heterocycles. The number of aryl methyl sites for hydroxylation is 2. The van der Waals surface area contributed by atoms with E-state index in [1.165, 1.54) is 255 Å². The van der Waals surface area contributed by atoms with Gasteiger partial charge in [-0.25, -0.2) is 0 Å². The van der Waals surface area contributed by atoms with Gasteiger partial charge in [-0.2, -0.15) is 0 Å². The summed E-state index contributed by atoms with van der Waals surface area (Å²) in [5, 5.41) is 0. The number of hydrogen-bond donors (Lipinski definition) is 0. The van der Waals surface area contributed by atoms with Crippen molar-refractivity contribution >= 4 is 23.3 Å². The summed E-state index contributed by atoms with van der Waals surface area (Å²) in [6.45, 7) is 6.88. The van der Waals surface area contributed by atoms with Crippen molar-refractivity contribution < 1.29 is 16.5 Å². The largest absolute Gasteiger partial charge is 0.255 e. The van der Waals surface area contributed by atoms with Crippen LogP contribution in [0.1, 0.15) is 308 Å². The van der Waals surface area contributed by atoms with Gasteiger partial charge in [0.05, 0.1) is 17.1 Å². The standard InChI is InChI=1S/C66H112N2.Ni/c1-4-7-10-12-14-16-18-20-22-24-26-28-30-32-34-36-38-40-42-44-46-48-54-62-56-50-52-59-65(62)67-61-64(58-9-6-3)68-66-60-53-51-57-63(66)55-49-47-45-43-41-39-37-35-33-31-29-27-25-23-21-19-17-15-13-11-8-5-2;/h42-45,50-53,56-57,59-61H,4-41,46-49,54-55,58H2,1-3H3;. The van der Waals surface area contributed by atoms with Crippen molar-refractivity contribution in [2.45, 2.75) is 310 Å². The summed E-state index contributed by atoms with van der Waals surface area (Å²) in [4.78, 5) is 10.3. The molecule has 396 valence electrons. The number of rotatable bonds is 50. The number of allylic oxidation sites excluding steroid dienone is 4. The molecule has 0 aliphatic rings. The van der Waals surface area contributed by atoms with Crippen molar-refractivity contribution in [3.05, 3.63) is 84.0 Å². The molecule has 0 radical (unpaired) electrons. The Hall–Kier alpha value is -2.25. The second-order valence-corrected chi connectivity index (χ2v) is 20.8. The van der Waals surface area contributed by atoms with Crippen LogP contribution in [-0.4, -0.2) is 11.9 Å². The quantitative estimate of drug-likeness (QED) is 0.0273. The van der Waals surface area contributed by atoms with Crippen molar-refractivity contribution in [2.75, 3.05) is 0 Å². The first kappa shape index (κ1) is 64.8. The average molecular weight is 992 g/mol. The van der Waals surface area contributed by atoms with Gasteiger partial charge in [0.15, 0.2) is 0 Å². The fourth-order valence-electron chi connectivity index (χ4n) is 9.75. The Bertz CT molecular complexity index is 1490. The summed E-state index contributed by atoms with van der Waals surface area (Å²) in [5.74, 6) is 0. The van der Waals surface area contributed by atoms with Gasteiger partial charge >= 0.3 is 0 Å². The van der Waals surface area contributed by atoms with Gasteiger partial charge in [0, 0.05) is 22.7 Å². The van der Waals surface area contributed by atoms with E-state index in [0.717, 1.165) is 62.0 Å². The van der Waals surface area contributed by atoms with Gasteiger partial charge in [-0.05, 0) is 100 Å². The van der Waals surface area contributed by atoms with Gasteiger partial charge in [0.2, 0.25) is 0 Å². The summed E-state index contributed by atoms with van der Waals surface area (Å²) < 4.78 is 0. The Balaban J connectivity index is 0.0000238. The van der Waals surface area contributed by atoms with Gasteiger partial charge < -0.3 is 0 Å². The van der Waals surface area contributed by atoms with Crippen LogP contribution in [-0.2, 0) is 29.3 Å². The van der Waals surface area contributed by atoms with Crippen LogP contribution >= 0.6 is 0 Å². The summed E-state index contributed by atoms with van der Waals surface area (Å²) in [7, 11) is 0. The molecule has 0 aliphatic carbocycles. The smallest absolute Gasteiger partial charge is 0.0665 e. The zero-order chi connectivity index (χ0) is 48.3. The van der Waals surface area contributed by atoms with Crippen molar-refractivity contribution in [3.63, 3.8) is 0 Å². The fraction of sp³-hybridized carbons (Fsp3) is 0.727. The third-order valence-electron chi connectivity index (χ3n) is 14.3. The van der Waals surface area contributed by atoms with E-state index >= 15 is 0 Å². The molecule has 0 N–H and O–H groups in total. The van der Waals surface area contributed by atoms with Crippen molar-refractivity contribution in [1.82, 2.24) is 0 Å². The molecule has 2 nitrogen and oxygen atoms in total. The molecular formula is C66H112N2Ni. The van der Waals surface area contributed by atoms with Crippen LogP contribution in [0.15, 0.2) is 82.8 Å². The van der Waals surface area contributed by atoms with Crippen molar-refractivity contribution in [3.8, 4) is 0 Å². The van der Waals surface area contributed by atoms with Gasteiger partial charge in [0.25, 0.3) is 0 Å². The van der Waals surface area contributed by atoms with Crippen LogP contribution in [0, 0.1) is 0 Å². The molecule has 69 heavy (non-hydrogen) atoms. The molecule has 0 spiro atoms. The maximum absolute atomic E-state index is 5.25. The fourth-order valence-corrected chi connectivity index (χ4v) is 9.75. The zero-order valence-electron chi connectivity index (χ0n) is 46.0. The predicted octanol–water partition coefficient (Wildman–Crippen LogP) is 23.2. The predicted molar refractivity (Wildman–Crippen MR) is 309 cm³/mol. The Labute approximate surface area is 441 Å². The number of nitrogens with zero attached hydrogens (tertiary/aromatic N) is 2. The van der Waals surface area contributed by atoms with Crippen LogP contribution in [0.2, 0.25) is 0 Å². The molecule has 0 saturated carbocycles. The van der Waals surface area contributed by atoms with E-state index < -0.39 is 0 Å². The van der Waals surface area contributed by atoms with E-state index in [1.54, 1.807) is 0 Å². The first-order valence-corrected chi connectivity index (χ1v) is 30.4. The number of unbranched alkanes of at least 4 members (excludes halogenated alkanes) is 37. The number of hydrogen-bond acceptors (Lipinski definition) is 2. The summed E-state index contributed by atoms with van der Waals surface area (Å²) in [6, 6.07) is 17.5. The second kappa shape index (κ2) is 52.1. The SMILES string of the molecule is CCCCCCCCCCCCCCCCCCCC=CCCCc1ccccc1N=CC(CCCC)=Nc1ccccc1CCCC=CCCCCCCCCCCCCCCCCCCC.[Ni]. The van der Waals surface area contributed by atoms with E-state index in [0.29, 0.717) is 0 Å². The van der Waals surface area contributed by atoms with Gasteiger partial charge in [-0.1, -0.05) is 293 Å². The number of para-hydroxylation sites is 2. The minimum atomic E-state index is 0. The number of aliphatic imine (C=N–C) groups is 2. The normalized spacial score (nSPS) is 12.1. The number of benzene rings is 2. The Kier molecular flexibility index (Phi) is 48.9. The third kappa shape index (κ3) is 41.0. The monoisotopic (exact) mass is 991 g/mol. The first-order valence-electron chi connectivity index (χ1n) is 30.4. The Morgan fingerprint density at radius 3 is 0.986 bits per heavy atom. The molecule has 0 atom stereocenters. The van der Waals surface area contributed by atoms with Crippen molar-refractivity contribution in [1.29, 1.82) is 0 Å². The minimum Gasteiger partial charge on any atom is -0.255 e. The average Bonchev–Trinajstić information content (AvgIpc) is 3.36. The van der Waals surface area contributed by atoms with Crippen LogP contribution in [0.5, 0.6) is 0 Å². The first-order chi connectivity index (χ1) is 33.8. The molecule has 2 aromatic rings. The molecular weight excluding hydrogens is 879 g/mol. The molecule has 0 unspecified atom stereocenters. The van der Waals surface area contributed by atoms with Crippen molar-refractivity contribution in [2.24, 2.45) is 9.98 Å². The molecule has 0 saturated heterocycles. The van der Waals surface area contributed by atoms with Crippen LogP contribution in [0.4, 0.5) is 11.4 Å². The molecule has 3 heteroatoms. The van der Waals surface area contributed by atoms with E-state index in [2.05, 4.69) is 99.8 Å². The molecule has 0 amide bonds.